The molecule has 0 saturated carbocycles. The van der Waals surface area contributed by atoms with Gasteiger partial charge in [-0.05, 0) is 25.3 Å². The molecule has 0 aromatic heterocycles. The largest absolute Gasteiger partial charge is 0.496 e. The molecule has 1 atom stereocenters. The Kier molecular flexibility index (Phi) is 5.09. The van der Waals surface area contributed by atoms with Crippen LogP contribution in [-0.4, -0.2) is 39.0 Å². The summed E-state index contributed by atoms with van der Waals surface area (Å²) in [5, 5.41) is 9.26. The third-order valence-corrected chi connectivity index (χ3v) is 3.82. The molecule has 0 unspecified atom stereocenters. The molecule has 3 N–H and O–H groups in total. The first-order valence-electron chi connectivity index (χ1n) is 7.08. The van der Waals surface area contributed by atoms with Crippen molar-refractivity contribution in [2.75, 3.05) is 38.8 Å². The summed E-state index contributed by atoms with van der Waals surface area (Å²) in [5.74, 6) is 1.49. The van der Waals surface area contributed by atoms with E-state index in [0.29, 0.717) is 5.75 Å². The van der Waals surface area contributed by atoms with Crippen LogP contribution >= 0.6 is 0 Å². The Morgan fingerprint density at radius 2 is 1.80 bits per heavy atom. The van der Waals surface area contributed by atoms with Gasteiger partial charge in [0.25, 0.3) is 0 Å². The number of hydrogen-bond donors (Lipinski definition) is 2. The van der Waals surface area contributed by atoms with E-state index in [0.717, 1.165) is 30.1 Å². The van der Waals surface area contributed by atoms with Gasteiger partial charge in [-0.1, -0.05) is 0 Å². The van der Waals surface area contributed by atoms with Crippen molar-refractivity contribution >= 4 is 5.69 Å². The number of hydrogen-bond acceptors (Lipinski definition) is 5. The second-order valence-electron chi connectivity index (χ2n) is 5.10. The molecule has 1 saturated heterocycles. The highest BCUT2D eigenvalue weighted by atomic mass is 16.5. The Morgan fingerprint density at radius 3 is 2.35 bits per heavy atom. The van der Waals surface area contributed by atoms with Crippen molar-refractivity contribution in [3.8, 4) is 11.5 Å². The van der Waals surface area contributed by atoms with Gasteiger partial charge in [0, 0.05) is 24.7 Å². The molecule has 112 valence electrons. The van der Waals surface area contributed by atoms with Gasteiger partial charge in [-0.15, -0.1) is 0 Å². The molecule has 0 bridgehead atoms. The van der Waals surface area contributed by atoms with Crippen LogP contribution in [0.4, 0.5) is 5.69 Å². The number of aliphatic hydroxyl groups excluding tert-OH is 1. The highest BCUT2D eigenvalue weighted by Gasteiger charge is 2.20. The number of rotatable bonds is 5. The van der Waals surface area contributed by atoms with Gasteiger partial charge in [0.2, 0.25) is 0 Å². The van der Waals surface area contributed by atoms with E-state index in [1.165, 1.54) is 19.3 Å². The van der Waals surface area contributed by atoms with Gasteiger partial charge in [-0.2, -0.15) is 0 Å². The first-order valence-corrected chi connectivity index (χ1v) is 7.08. The normalized spacial score (nSPS) is 16.9. The number of nitrogens with zero attached hydrogens (tertiary/aromatic N) is 1. The summed E-state index contributed by atoms with van der Waals surface area (Å²) >= 11 is 0. The highest BCUT2D eigenvalue weighted by Crippen LogP contribution is 2.38. The Morgan fingerprint density at radius 1 is 1.15 bits per heavy atom. The number of ether oxygens (including phenoxy) is 2. The quantitative estimate of drug-likeness (QED) is 0.859. The van der Waals surface area contributed by atoms with Gasteiger partial charge < -0.3 is 25.2 Å². The van der Waals surface area contributed by atoms with E-state index in [4.69, 9.17) is 15.2 Å². The summed E-state index contributed by atoms with van der Waals surface area (Å²) in [5.41, 5.74) is 7.73. The number of benzene rings is 1. The zero-order valence-corrected chi connectivity index (χ0v) is 12.3. The summed E-state index contributed by atoms with van der Waals surface area (Å²) in [4.78, 5) is 2.32. The number of anilines is 1. The first kappa shape index (κ1) is 14.9. The molecule has 2 rings (SSSR count). The van der Waals surface area contributed by atoms with E-state index in [1.807, 2.05) is 12.1 Å². The van der Waals surface area contributed by atoms with Crippen LogP contribution < -0.4 is 20.1 Å². The molecule has 20 heavy (non-hydrogen) atoms. The third kappa shape index (κ3) is 2.99. The summed E-state index contributed by atoms with van der Waals surface area (Å²) in [6.07, 6.45) is 3.68. The first-order chi connectivity index (χ1) is 9.71. The average molecular weight is 280 g/mol. The standard InChI is InChI=1S/C15H24N2O3/c1-19-14-9-13(17-6-4-3-5-7-17)15(20-2)8-11(14)12(16)10-18/h8-9,12,18H,3-7,10,16H2,1-2H3/t12-/m1/s1. The van der Waals surface area contributed by atoms with E-state index >= 15 is 0 Å². The maximum absolute atomic E-state index is 9.26. The lowest BCUT2D eigenvalue weighted by atomic mass is 10.0. The lowest BCUT2D eigenvalue weighted by Crippen LogP contribution is -2.30. The molecule has 1 aromatic carbocycles. The second-order valence-corrected chi connectivity index (χ2v) is 5.10. The molecule has 1 aliphatic heterocycles. The maximum atomic E-state index is 9.26. The predicted molar refractivity (Wildman–Crippen MR) is 79.6 cm³/mol. The van der Waals surface area contributed by atoms with E-state index < -0.39 is 6.04 Å². The van der Waals surface area contributed by atoms with Gasteiger partial charge in [0.05, 0.1) is 32.6 Å². The van der Waals surface area contributed by atoms with Crippen molar-refractivity contribution in [1.29, 1.82) is 0 Å². The van der Waals surface area contributed by atoms with Crippen LogP contribution in [0.3, 0.4) is 0 Å². The molecule has 1 aliphatic rings. The van der Waals surface area contributed by atoms with Crippen LogP contribution in [-0.2, 0) is 0 Å². The minimum atomic E-state index is -0.464. The molecular formula is C15H24N2O3. The Hall–Kier alpha value is -1.46. The zero-order valence-electron chi connectivity index (χ0n) is 12.3. The number of aliphatic hydroxyl groups is 1. The smallest absolute Gasteiger partial charge is 0.142 e. The average Bonchev–Trinajstić information content (AvgIpc) is 2.53. The minimum Gasteiger partial charge on any atom is -0.496 e. The van der Waals surface area contributed by atoms with Crippen LogP contribution in [0.2, 0.25) is 0 Å². The third-order valence-electron chi connectivity index (χ3n) is 3.82. The number of nitrogens with two attached hydrogens (primary N) is 1. The zero-order chi connectivity index (χ0) is 14.5. The number of methoxy groups -OCH3 is 2. The molecule has 0 radical (unpaired) electrons. The van der Waals surface area contributed by atoms with E-state index in [2.05, 4.69) is 4.90 Å². The Balaban J connectivity index is 2.40. The summed E-state index contributed by atoms with van der Waals surface area (Å²) in [7, 11) is 3.28. The SMILES string of the molecule is COc1cc(N2CCCCC2)c(OC)cc1[C@H](N)CO. The van der Waals surface area contributed by atoms with Gasteiger partial charge >= 0.3 is 0 Å². The molecule has 5 nitrogen and oxygen atoms in total. The summed E-state index contributed by atoms with van der Waals surface area (Å²) < 4.78 is 10.9. The minimum absolute atomic E-state index is 0.122. The molecule has 1 aromatic rings. The fourth-order valence-electron chi connectivity index (χ4n) is 2.68. The summed E-state index contributed by atoms with van der Waals surface area (Å²) in [6.45, 7) is 1.94. The van der Waals surface area contributed by atoms with Crippen LogP contribution in [0.5, 0.6) is 11.5 Å². The number of piperidine rings is 1. The monoisotopic (exact) mass is 280 g/mol. The van der Waals surface area contributed by atoms with Gasteiger partial charge in [0.15, 0.2) is 0 Å². The summed E-state index contributed by atoms with van der Waals surface area (Å²) in [6, 6.07) is 3.38. The van der Waals surface area contributed by atoms with Crippen LogP contribution in [0.25, 0.3) is 0 Å². The molecular weight excluding hydrogens is 256 g/mol. The fraction of sp³-hybridized carbons (Fsp3) is 0.600. The molecule has 0 amide bonds. The topological polar surface area (TPSA) is 68.0 Å². The lowest BCUT2D eigenvalue weighted by molar-refractivity contribution is 0.264. The molecule has 5 heteroatoms. The molecule has 1 heterocycles. The lowest BCUT2D eigenvalue weighted by Gasteiger charge is -2.31. The van der Waals surface area contributed by atoms with Crippen molar-refractivity contribution in [2.24, 2.45) is 5.73 Å². The fourth-order valence-corrected chi connectivity index (χ4v) is 2.68. The van der Waals surface area contributed by atoms with Crippen molar-refractivity contribution < 1.29 is 14.6 Å². The van der Waals surface area contributed by atoms with Crippen LogP contribution in [0, 0.1) is 0 Å². The van der Waals surface area contributed by atoms with E-state index in [1.54, 1.807) is 14.2 Å². The Labute approximate surface area is 120 Å². The molecule has 0 spiro atoms. The van der Waals surface area contributed by atoms with Crippen molar-refractivity contribution in [3.63, 3.8) is 0 Å². The van der Waals surface area contributed by atoms with E-state index in [-0.39, 0.29) is 6.61 Å². The van der Waals surface area contributed by atoms with Crippen molar-refractivity contribution in [1.82, 2.24) is 0 Å². The van der Waals surface area contributed by atoms with Gasteiger partial charge in [-0.25, -0.2) is 0 Å². The molecule has 0 aliphatic carbocycles. The predicted octanol–water partition coefficient (Wildman–Crippen LogP) is 1.69. The highest BCUT2D eigenvalue weighted by molar-refractivity contribution is 5.64. The van der Waals surface area contributed by atoms with Crippen molar-refractivity contribution in [3.05, 3.63) is 17.7 Å². The Bertz CT molecular complexity index is 445. The van der Waals surface area contributed by atoms with Crippen molar-refractivity contribution in [2.45, 2.75) is 25.3 Å². The molecule has 1 fully saturated rings. The van der Waals surface area contributed by atoms with Crippen LogP contribution in [0.15, 0.2) is 12.1 Å². The van der Waals surface area contributed by atoms with E-state index in [9.17, 15) is 5.11 Å². The van der Waals surface area contributed by atoms with Crippen LogP contribution in [0.1, 0.15) is 30.9 Å². The van der Waals surface area contributed by atoms with Gasteiger partial charge in [0.1, 0.15) is 11.5 Å². The maximum Gasteiger partial charge on any atom is 0.142 e. The van der Waals surface area contributed by atoms with Gasteiger partial charge in [-0.3, -0.25) is 0 Å². The second kappa shape index (κ2) is 6.81.